The largest absolute Gasteiger partial charge is 0.481 e. The van der Waals surface area contributed by atoms with Crippen molar-refractivity contribution in [2.75, 3.05) is 19.6 Å². The van der Waals surface area contributed by atoms with Crippen molar-refractivity contribution in [1.82, 2.24) is 16.0 Å². The molecule has 12 heteroatoms. The van der Waals surface area contributed by atoms with Gasteiger partial charge in [-0.2, -0.15) is 0 Å². The van der Waals surface area contributed by atoms with Crippen LogP contribution in [-0.4, -0.2) is 105 Å². The van der Waals surface area contributed by atoms with Crippen molar-refractivity contribution >= 4 is 17.9 Å². The molecule has 1 fully saturated rings. The van der Waals surface area contributed by atoms with E-state index in [0.29, 0.717) is 0 Å². The number of hydrogen-bond acceptors (Lipinski definition) is 9. The number of aliphatic hydroxyl groups excluding tert-OH is 3. The highest BCUT2D eigenvalue weighted by Crippen LogP contribution is 2.22. The van der Waals surface area contributed by atoms with Crippen molar-refractivity contribution in [3.05, 3.63) is 0 Å². The molecule has 156 valence electrons. The van der Waals surface area contributed by atoms with Gasteiger partial charge in [0.15, 0.2) is 0 Å². The number of carbonyl (C=O) groups is 3. The fourth-order valence-electron chi connectivity index (χ4n) is 3.04. The molecule has 0 aliphatic heterocycles. The summed E-state index contributed by atoms with van der Waals surface area (Å²) in [6, 6.07) is -3.05. The third-order valence-corrected chi connectivity index (χ3v) is 4.36. The van der Waals surface area contributed by atoms with E-state index in [2.05, 4.69) is 16.0 Å². The minimum Gasteiger partial charge on any atom is -0.481 e. The first-order valence-electron chi connectivity index (χ1n) is 8.55. The van der Waals surface area contributed by atoms with E-state index in [1.165, 1.54) is 0 Å². The van der Waals surface area contributed by atoms with Gasteiger partial charge in [0, 0.05) is 19.6 Å². The van der Waals surface area contributed by atoms with E-state index < -0.39 is 54.3 Å². The van der Waals surface area contributed by atoms with Crippen LogP contribution in [0.1, 0.15) is 19.3 Å². The average molecular weight is 393 g/mol. The quantitative estimate of drug-likeness (QED) is 0.157. The Morgan fingerprint density at radius 2 is 0.778 bits per heavy atom. The van der Waals surface area contributed by atoms with Crippen molar-refractivity contribution in [3.8, 4) is 0 Å². The van der Waals surface area contributed by atoms with Crippen LogP contribution >= 0.6 is 0 Å². The van der Waals surface area contributed by atoms with E-state index in [-0.39, 0.29) is 38.9 Å². The first-order chi connectivity index (χ1) is 12.6. The average Bonchev–Trinajstić information content (AvgIpc) is 2.56. The maximum atomic E-state index is 10.7. The van der Waals surface area contributed by atoms with E-state index in [4.69, 9.17) is 15.3 Å². The maximum Gasteiger partial charge on any atom is 0.304 e. The summed E-state index contributed by atoms with van der Waals surface area (Å²) in [5.41, 5.74) is 0. The van der Waals surface area contributed by atoms with Gasteiger partial charge < -0.3 is 46.6 Å². The minimum absolute atomic E-state index is 0.0477. The molecule has 12 nitrogen and oxygen atoms in total. The molecule has 0 aromatic carbocycles. The molecule has 0 radical (unpaired) electrons. The number of aliphatic hydroxyl groups is 3. The predicted octanol–water partition coefficient (Wildman–Crippen LogP) is -3.62. The Balaban J connectivity index is 2.84. The Morgan fingerprint density at radius 3 is 0.963 bits per heavy atom. The molecule has 9 N–H and O–H groups in total. The number of carboxylic acids is 3. The zero-order valence-electron chi connectivity index (χ0n) is 14.6. The van der Waals surface area contributed by atoms with Crippen LogP contribution in [0, 0.1) is 0 Å². The van der Waals surface area contributed by atoms with Crippen LogP contribution in [0.15, 0.2) is 0 Å². The molecule has 0 amide bonds. The van der Waals surface area contributed by atoms with Gasteiger partial charge in [-0.05, 0) is 0 Å². The van der Waals surface area contributed by atoms with Gasteiger partial charge in [-0.3, -0.25) is 14.4 Å². The number of hydrogen-bond donors (Lipinski definition) is 9. The van der Waals surface area contributed by atoms with Crippen molar-refractivity contribution in [2.45, 2.75) is 55.7 Å². The highest BCUT2D eigenvalue weighted by atomic mass is 16.4. The number of rotatable bonds is 12. The zero-order valence-corrected chi connectivity index (χ0v) is 14.6. The summed E-state index contributed by atoms with van der Waals surface area (Å²) in [7, 11) is 0. The minimum atomic E-state index is -1.34. The van der Waals surface area contributed by atoms with Gasteiger partial charge in [-0.15, -0.1) is 0 Å². The Hall–Kier alpha value is -1.83. The Morgan fingerprint density at radius 1 is 0.556 bits per heavy atom. The molecular formula is C15H27N3O9. The number of nitrogens with one attached hydrogen (secondary N) is 3. The van der Waals surface area contributed by atoms with Gasteiger partial charge in [0.25, 0.3) is 0 Å². The first kappa shape index (κ1) is 23.2. The van der Waals surface area contributed by atoms with Crippen LogP contribution < -0.4 is 16.0 Å². The Kier molecular flexibility index (Phi) is 9.55. The molecule has 0 spiro atoms. The molecule has 0 atom stereocenters. The Bertz CT molecular complexity index is 435. The molecule has 1 rings (SSSR count). The van der Waals surface area contributed by atoms with Crippen molar-refractivity contribution in [2.24, 2.45) is 0 Å². The standard InChI is InChI=1S/C15H27N3O9/c19-7(20)1-4-16-10-13(25)11(17-5-2-8(21)22)15(27)12(14(10)26)18-6-3-9(23)24/h10-18,25-27H,1-6H2,(H,19,20)(H,21,22)(H,23,24). The lowest BCUT2D eigenvalue weighted by molar-refractivity contribution is -0.137. The second-order valence-electron chi connectivity index (χ2n) is 6.34. The zero-order chi connectivity index (χ0) is 20.6. The molecule has 0 heterocycles. The summed E-state index contributed by atoms with van der Waals surface area (Å²) in [5, 5.41) is 65.7. The van der Waals surface area contributed by atoms with Crippen LogP contribution in [0.25, 0.3) is 0 Å². The maximum absolute atomic E-state index is 10.7. The van der Waals surface area contributed by atoms with Crippen LogP contribution in [0.4, 0.5) is 0 Å². The van der Waals surface area contributed by atoms with Gasteiger partial charge in [-0.25, -0.2) is 0 Å². The highest BCUT2D eigenvalue weighted by Gasteiger charge is 2.48. The molecule has 0 unspecified atom stereocenters. The fourth-order valence-corrected chi connectivity index (χ4v) is 3.04. The van der Waals surface area contributed by atoms with Crippen molar-refractivity contribution in [1.29, 1.82) is 0 Å². The van der Waals surface area contributed by atoms with Gasteiger partial charge in [0.05, 0.1) is 55.7 Å². The number of carboxylic acid groups (broad SMARTS) is 3. The lowest BCUT2D eigenvalue weighted by Gasteiger charge is -2.47. The van der Waals surface area contributed by atoms with Crippen molar-refractivity contribution in [3.63, 3.8) is 0 Å². The van der Waals surface area contributed by atoms with Gasteiger partial charge >= 0.3 is 17.9 Å². The molecule has 27 heavy (non-hydrogen) atoms. The summed E-state index contributed by atoms with van der Waals surface area (Å²) in [6.45, 7) is -0.143. The summed E-state index contributed by atoms with van der Waals surface area (Å²) < 4.78 is 0. The Labute approximate surface area is 155 Å². The van der Waals surface area contributed by atoms with Crippen LogP contribution in [-0.2, 0) is 14.4 Å². The highest BCUT2D eigenvalue weighted by molar-refractivity contribution is 5.67. The molecule has 1 saturated carbocycles. The van der Waals surface area contributed by atoms with E-state index in [1.54, 1.807) is 0 Å². The second kappa shape index (κ2) is 11.1. The van der Waals surface area contributed by atoms with E-state index in [1.807, 2.05) is 0 Å². The van der Waals surface area contributed by atoms with Crippen LogP contribution in [0.2, 0.25) is 0 Å². The molecule has 0 aromatic rings. The summed E-state index contributed by atoms with van der Waals surface area (Å²) in [6.07, 6.45) is -4.79. The van der Waals surface area contributed by atoms with Crippen LogP contribution in [0.5, 0.6) is 0 Å². The lowest BCUT2D eigenvalue weighted by Crippen LogP contribution is -2.73. The lowest BCUT2D eigenvalue weighted by atomic mass is 9.79. The van der Waals surface area contributed by atoms with Crippen molar-refractivity contribution < 1.29 is 45.0 Å². The van der Waals surface area contributed by atoms with Gasteiger partial charge in [-0.1, -0.05) is 0 Å². The molecule has 1 aliphatic rings. The third kappa shape index (κ3) is 7.36. The van der Waals surface area contributed by atoms with Gasteiger partial charge in [0.2, 0.25) is 0 Å². The third-order valence-electron chi connectivity index (χ3n) is 4.36. The van der Waals surface area contributed by atoms with Crippen LogP contribution in [0.3, 0.4) is 0 Å². The molecule has 0 saturated heterocycles. The SMILES string of the molecule is O=C(O)CCNC1C(O)C(NCCC(=O)O)C(O)C(NCCC(=O)O)C1O. The normalized spacial score (nSPS) is 30.8. The summed E-state index contributed by atoms with van der Waals surface area (Å²) in [5.74, 6) is -3.22. The topological polar surface area (TPSA) is 209 Å². The summed E-state index contributed by atoms with van der Waals surface area (Å²) in [4.78, 5) is 32.0. The second-order valence-corrected chi connectivity index (χ2v) is 6.34. The monoisotopic (exact) mass is 393 g/mol. The smallest absolute Gasteiger partial charge is 0.304 e. The number of aliphatic carboxylic acids is 3. The van der Waals surface area contributed by atoms with E-state index >= 15 is 0 Å². The van der Waals surface area contributed by atoms with E-state index in [9.17, 15) is 29.7 Å². The molecular weight excluding hydrogens is 366 g/mol. The predicted molar refractivity (Wildman–Crippen MR) is 90.2 cm³/mol. The first-order valence-corrected chi connectivity index (χ1v) is 8.55. The molecule has 0 bridgehead atoms. The summed E-state index contributed by atoms with van der Waals surface area (Å²) >= 11 is 0. The molecule has 1 aliphatic carbocycles. The van der Waals surface area contributed by atoms with E-state index in [0.717, 1.165) is 0 Å². The molecule has 0 aromatic heterocycles. The fraction of sp³-hybridized carbons (Fsp3) is 0.800. The van der Waals surface area contributed by atoms with Gasteiger partial charge in [0.1, 0.15) is 0 Å².